The second-order valence-electron chi connectivity index (χ2n) is 4.38. The van der Waals surface area contributed by atoms with Gasteiger partial charge in [0.25, 0.3) is 5.91 Å². The molecule has 1 atom stereocenters. The fourth-order valence-corrected chi connectivity index (χ4v) is 1.84. The maximum atomic E-state index is 10.9. The van der Waals surface area contributed by atoms with Gasteiger partial charge in [-0.3, -0.25) is 4.79 Å². The summed E-state index contributed by atoms with van der Waals surface area (Å²) in [7, 11) is 0. The number of rotatable bonds is 5. The Labute approximate surface area is 111 Å². The second kappa shape index (κ2) is 6.24. The van der Waals surface area contributed by atoms with Crippen molar-refractivity contribution in [1.29, 1.82) is 0 Å². The number of aliphatic imine (C=N–C) groups is 1. The van der Waals surface area contributed by atoms with E-state index in [0.717, 1.165) is 19.4 Å². The first kappa shape index (κ1) is 13.4. The molecule has 104 valence electrons. The van der Waals surface area contributed by atoms with Crippen LogP contribution in [0.1, 0.15) is 29.0 Å². The molecule has 1 aromatic heterocycles. The molecule has 1 fully saturated rings. The first-order valence-corrected chi connectivity index (χ1v) is 6.18. The van der Waals surface area contributed by atoms with Crippen LogP contribution in [0, 0.1) is 0 Å². The second-order valence-corrected chi connectivity index (χ2v) is 4.38. The van der Waals surface area contributed by atoms with Crippen LogP contribution in [-0.4, -0.2) is 31.1 Å². The fraction of sp³-hybridized carbons (Fsp3) is 0.500. The maximum Gasteiger partial charge on any atom is 0.251 e. The van der Waals surface area contributed by atoms with Crippen molar-refractivity contribution in [3.63, 3.8) is 0 Å². The third-order valence-electron chi connectivity index (χ3n) is 2.88. The largest absolute Gasteiger partial charge is 0.467 e. The number of ether oxygens (including phenoxy) is 1. The van der Waals surface area contributed by atoms with Gasteiger partial charge in [-0.2, -0.15) is 0 Å². The van der Waals surface area contributed by atoms with E-state index < -0.39 is 5.91 Å². The lowest BCUT2D eigenvalue weighted by molar-refractivity contribution is 0.0999. The summed E-state index contributed by atoms with van der Waals surface area (Å²) in [5, 5.41) is 2.99. The Morgan fingerprint density at radius 1 is 1.53 bits per heavy atom. The molecule has 1 amide bonds. The molecule has 1 unspecified atom stereocenters. The quantitative estimate of drug-likeness (QED) is 0.511. The predicted octanol–water partition coefficient (Wildman–Crippen LogP) is -0.0382. The first-order chi connectivity index (χ1) is 9.15. The monoisotopic (exact) mass is 266 g/mol. The molecule has 0 aliphatic carbocycles. The Morgan fingerprint density at radius 3 is 3.00 bits per heavy atom. The van der Waals surface area contributed by atoms with E-state index in [1.54, 1.807) is 6.07 Å². The Balaban J connectivity index is 1.78. The maximum absolute atomic E-state index is 10.9. The molecule has 2 heterocycles. The predicted molar refractivity (Wildman–Crippen MR) is 69.5 cm³/mol. The van der Waals surface area contributed by atoms with E-state index in [9.17, 15) is 4.79 Å². The zero-order valence-electron chi connectivity index (χ0n) is 10.6. The van der Waals surface area contributed by atoms with Gasteiger partial charge in [0.1, 0.15) is 18.6 Å². The van der Waals surface area contributed by atoms with Gasteiger partial charge in [0.05, 0.1) is 11.7 Å². The number of nitrogens with zero attached hydrogens (tertiary/aromatic N) is 1. The van der Waals surface area contributed by atoms with E-state index in [2.05, 4.69) is 10.3 Å². The van der Waals surface area contributed by atoms with Crippen LogP contribution in [0.4, 0.5) is 0 Å². The number of carbonyl (C=O) groups is 1. The molecule has 0 saturated carbocycles. The lowest BCUT2D eigenvalue weighted by atomic mass is 10.2. The number of guanidine groups is 1. The number of hydrogen-bond donors (Lipinski definition) is 3. The number of primary amides is 1. The lowest BCUT2D eigenvalue weighted by Gasteiger charge is -2.10. The summed E-state index contributed by atoms with van der Waals surface area (Å²) in [5.41, 5.74) is 11.2. The summed E-state index contributed by atoms with van der Waals surface area (Å²) in [6, 6.07) is 1.55. The number of furan rings is 1. The zero-order valence-corrected chi connectivity index (χ0v) is 10.6. The average Bonchev–Trinajstić information content (AvgIpc) is 3.05. The van der Waals surface area contributed by atoms with Gasteiger partial charge in [-0.15, -0.1) is 0 Å². The van der Waals surface area contributed by atoms with Crippen LogP contribution >= 0.6 is 0 Å². The smallest absolute Gasteiger partial charge is 0.251 e. The van der Waals surface area contributed by atoms with Crippen LogP contribution in [0.15, 0.2) is 21.7 Å². The highest BCUT2D eigenvalue weighted by Crippen LogP contribution is 2.10. The van der Waals surface area contributed by atoms with E-state index in [1.165, 1.54) is 6.26 Å². The molecular formula is C12H18N4O3. The third kappa shape index (κ3) is 3.99. The fourth-order valence-electron chi connectivity index (χ4n) is 1.84. The molecule has 5 N–H and O–H groups in total. The summed E-state index contributed by atoms with van der Waals surface area (Å²) in [4.78, 5) is 15.0. The van der Waals surface area contributed by atoms with Gasteiger partial charge in [-0.05, 0) is 18.9 Å². The molecule has 0 spiro atoms. The minimum Gasteiger partial charge on any atom is -0.467 e. The number of amides is 1. The van der Waals surface area contributed by atoms with E-state index >= 15 is 0 Å². The zero-order chi connectivity index (χ0) is 13.7. The number of carbonyl (C=O) groups excluding carboxylic acids is 1. The van der Waals surface area contributed by atoms with E-state index in [-0.39, 0.29) is 12.6 Å². The molecule has 0 aromatic carbocycles. The summed E-state index contributed by atoms with van der Waals surface area (Å²) >= 11 is 0. The Morgan fingerprint density at radius 2 is 2.37 bits per heavy atom. The highest BCUT2D eigenvalue weighted by atomic mass is 16.5. The molecule has 0 bridgehead atoms. The molecule has 1 aliphatic heterocycles. The van der Waals surface area contributed by atoms with Gasteiger partial charge in [0.2, 0.25) is 0 Å². The minimum absolute atomic E-state index is 0.207. The average molecular weight is 266 g/mol. The SMILES string of the molecule is NC(=O)c1coc(CN=C(N)NCC2CCCO2)c1. The van der Waals surface area contributed by atoms with Crippen LogP contribution in [0.3, 0.4) is 0 Å². The van der Waals surface area contributed by atoms with Crippen molar-refractivity contribution in [2.24, 2.45) is 16.5 Å². The van der Waals surface area contributed by atoms with Crippen LogP contribution < -0.4 is 16.8 Å². The van der Waals surface area contributed by atoms with Crippen molar-refractivity contribution in [1.82, 2.24) is 5.32 Å². The third-order valence-corrected chi connectivity index (χ3v) is 2.88. The lowest BCUT2D eigenvalue weighted by Crippen LogP contribution is -2.37. The van der Waals surface area contributed by atoms with Gasteiger partial charge in [0.15, 0.2) is 5.96 Å². The van der Waals surface area contributed by atoms with Gasteiger partial charge in [0, 0.05) is 13.2 Å². The standard InChI is InChI=1S/C12H18N4O3/c13-11(17)8-4-10(19-7-8)6-16-12(14)15-5-9-2-1-3-18-9/h4,7,9H,1-3,5-6H2,(H2,13,17)(H3,14,15,16). The Hall–Kier alpha value is -2.02. The van der Waals surface area contributed by atoms with Crippen molar-refractivity contribution >= 4 is 11.9 Å². The molecule has 0 radical (unpaired) electrons. The Bertz CT molecular complexity index is 463. The van der Waals surface area contributed by atoms with Crippen LogP contribution in [0.5, 0.6) is 0 Å². The summed E-state index contributed by atoms with van der Waals surface area (Å²) in [6.07, 6.45) is 3.65. The van der Waals surface area contributed by atoms with Crippen molar-refractivity contribution in [3.05, 3.63) is 23.7 Å². The van der Waals surface area contributed by atoms with Crippen molar-refractivity contribution < 1.29 is 13.9 Å². The van der Waals surface area contributed by atoms with Gasteiger partial charge in [-0.1, -0.05) is 0 Å². The van der Waals surface area contributed by atoms with E-state index in [4.69, 9.17) is 20.6 Å². The van der Waals surface area contributed by atoms with Crippen LogP contribution in [0.2, 0.25) is 0 Å². The molecule has 2 rings (SSSR count). The Kier molecular flexibility index (Phi) is 4.40. The van der Waals surface area contributed by atoms with Crippen molar-refractivity contribution in [3.8, 4) is 0 Å². The van der Waals surface area contributed by atoms with Gasteiger partial charge >= 0.3 is 0 Å². The van der Waals surface area contributed by atoms with Gasteiger partial charge < -0.3 is 25.9 Å². The topological polar surface area (TPSA) is 116 Å². The molecule has 1 aromatic rings. The van der Waals surface area contributed by atoms with Crippen LogP contribution in [-0.2, 0) is 11.3 Å². The highest BCUT2D eigenvalue weighted by molar-refractivity contribution is 5.92. The first-order valence-electron chi connectivity index (χ1n) is 6.18. The van der Waals surface area contributed by atoms with Crippen molar-refractivity contribution in [2.75, 3.05) is 13.2 Å². The molecule has 1 saturated heterocycles. The normalized spacial score (nSPS) is 19.6. The summed E-state index contributed by atoms with van der Waals surface area (Å²) in [6.45, 7) is 1.73. The summed E-state index contributed by atoms with van der Waals surface area (Å²) < 4.78 is 10.6. The number of hydrogen-bond acceptors (Lipinski definition) is 4. The number of nitrogens with one attached hydrogen (secondary N) is 1. The summed E-state index contributed by atoms with van der Waals surface area (Å²) in [5.74, 6) is 0.339. The highest BCUT2D eigenvalue weighted by Gasteiger charge is 2.14. The van der Waals surface area contributed by atoms with Gasteiger partial charge in [-0.25, -0.2) is 4.99 Å². The molecular weight excluding hydrogens is 248 g/mol. The van der Waals surface area contributed by atoms with E-state index in [1.807, 2.05) is 0 Å². The molecule has 7 nitrogen and oxygen atoms in total. The molecule has 1 aliphatic rings. The van der Waals surface area contributed by atoms with Crippen molar-refractivity contribution in [2.45, 2.75) is 25.5 Å². The molecule has 19 heavy (non-hydrogen) atoms. The van der Waals surface area contributed by atoms with E-state index in [0.29, 0.717) is 23.8 Å². The minimum atomic E-state index is -0.525. The molecule has 7 heteroatoms. The number of nitrogens with two attached hydrogens (primary N) is 2. The van der Waals surface area contributed by atoms with Crippen LogP contribution in [0.25, 0.3) is 0 Å².